The molecule has 1 N–H and O–H groups in total. The summed E-state index contributed by atoms with van der Waals surface area (Å²) in [5, 5.41) is 6.52. The Bertz CT molecular complexity index is 976. The van der Waals surface area contributed by atoms with Crippen LogP contribution in [-0.4, -0.2) is 22.8 Å². The molecule has 0 aliphatic rings. The van der Waals surface area contributed by atoms with E-state index in [1.807, 2.05) is 0 Å². The second-order valence-corrected chi connectivity index (χ2v) is 5.21. The molecule has 0 saturated heterocycles. The van der Waals surface area contributed by atoms with E-state index in [1.165, 1.54) is 25.3 Å². The fraction of sp³-hybridized carbons (Fsp3) is 0.118. The molecule has 0 saturated carbocycles. The van der Waals surface area contributed by atoms with Crippen LogP contribution in [0.15, 0.2) is 51.7 Å². The highest BCUT2D eigenvalue weighted by molar-refractivity contribution is 6.05. The zero-order valence-corrected chi connectivity index (χ0v) is 13.4. The summed E-state index contributed by atoms with van der Waals surface area (Å²) < 4.78 is 23.9. The van der Waals surface area contributed by atoms with Crippen molar-refractivity contribution in [1.82, 2.24) is 9.78 Å². The smallest absolute Gasteiger partial charge is 0.444 e. The molecule has 1 heterocycles. The zero-order valence-electron chi connectivity index (χ0n) is 13.4. The molecule has 0 bridgehead atoms. The Hall–Kier alpha value is -3.42. The molecule has 128 valence electrons. The molecule has 0 radical (unpaired) electrons. The number of ether oxygens (including phenoxy) is 1. The van der Waals surface area contributed by atoms with Gasteiger partial charge in [0.1, 0.15) is 5.82 Å². The lowest BCUT2D eigenvalue weighted by Crippen LogP contribution is -2.15. The van der Waals surface area contributed by atoms with Gasteiger partial charge in [-0.1, -0.05) is 11.2 Å². The minimum Gasteiger partial charge on any atom is -0.452 e. The van der Waals surface area contributed by atoms with Gasteiger partial charge in [0.15, 0.2) is 0 Å². The highest BCUT2D eigenvalue weighted by atomic mass is 19.1. The van der Waals surface area contributed by atoms with Gasteiger partial charge in [-0.3, -0.25) is 4.79 Å². The number of benzene rings is 2. The molecule has 0 unspecified atom stereocenters. The van der Waals surface area contributed by atoms with Crippen LogP contribution in [0.1, 0.15) is 15.9 Å². The van der Waals surface area contributed by atoms with Gasteiger partial charge in [0.25, 0.3) is 5.91 Å². The Balaban J connectivity index is 1.80. The zero-order chi connectivity index (χ0) is 18.0. The molecule has 0 aliphatic carbocycles. The number of halogens is 1. The molecule has 8 heteroatoms. The van der Waals surface area contributed by atoms with Crippen LogP contribution < -0.4 is 15.8 Å². The average Bonchev–Trinajstić information content (AvgIpc) is 2.98. The molecule has 3 aromatic rings. The van der Waals surface area contributed by atoms with Crippen LogP contribution in [-0.2, 0) is 0 Å². The number of hydrogen-bond acceptors (Lipinski definition) is 5. The third-order valence-electron chi connectivity index (χ3n) is 3.52. The van der Waals surface area contributed by atoms with Crippen molar-refractivity contribution in [2.45, 2.75) is 6.92 Å². The molecular formula is C17H14FN3O4. The van der Waals surface area contributed by atoms with Gasteiger partial charge in [0, 0.05) is 11.3 Å². The maximum Gasteiger partial charge on any atom is 0.444 e. The molecule has 7 nitrogen and oxygen atoms in total. The summed E-state index contributed by atoms with van der Waals surface area (Å²) in [6.07, 6.45) is -0.149. The fourth-order valence-electron chi connectivity index (χ4n) is 2.23. The lowest BCUT2D eigenvalue weighted by molar-refractivity contribution is 0.102. The first-order valence-corrected chi connectivity index (χ1v) is 7.30. The van der Waals surface area contributed by atoms with Crippen LogP contribution in [0.2, 0.25) is 0 Å². The molecule has 25 heavy (non-hydrogen) atoms. The highest BCUT2D eigenvalue weighted by Gasteiger charge is 2.12. The molecule has 1 aromatic heterocycles. The topological polar surface area (TPSA) is 86.4 Å². The van der Waals surface area contributed by atoms with E-state index in [1.54, 1.807) is 31.2 Å². The van der Waals surface area contributed by atoms with Gasteiger partial charge in [-0.05, 0) is 48.9 Å². The first-order chi connectivity index (χ1) is 12.0. The van der Waals surface area contributed by atoms with E-state index in [0.29, 0.717) is 16.9 Å². The average molecular weight is 343 g/mol. The van der Waals surface area contributed by atoms with Crippen molar-refractivity contribution in [3.63, 3.8) is 0 Å². The molecule has 0 spiro atoms. The SMILES string of the molecule is COc1nn(-c2ccc(NC(=O)c3cc(F)ccc3C)cc2)c(=O)o1. The van der Waals surface area contributed by atoms with Crippen molar-refractivity contribution in [2.24, 2.45) is 0 Å². The monoisotopic (exact) mass is 343 g/mol. The van der Waals surface area contributed by atoms with Gasteiger partial charge in [-0.2, -0.15) is 4.68 Å². The predicted octanol–water partition coefficient (Wildman–Crippen LogP) is 2.53. The minimum absolute atomic E-state index is 0.149. The maximum absolute atomic E-state index is 13.3. The number of nitrogens with zero attached hydrogens (tertiary/aromatic N) is 2. The number of carbonyl (C=O) groups excluding carboxylic acids is 1. The number of methoxy groups -OCH3 is 1. The summed E-state index contributed by atoms with van der Waals surface area (Å²) in [4.78, 5) is 23.9. The van der Waals surface area contributed by atoms with Crippen molar-refractivity contribution in [3.05, 3.63) is 70.0 Å². The number of anilines is 1. The third-order valence-corrected chi connectivity index (χ3v) is 3.52. The van der Waals surface area contributed by atoms with Crippen molar-refractivity contribution >= 4 is 11.6 Å². The molecule has 1 amide bonds. The Kier molecular flexibility index (Phi) is 4.34. The molecule has 0 aliphatic heterocycles. The first kappa shape index (κ1) is 16.4. The van der Waals surface area contributed by atoms with E-state index in [4.69, 9.17) is 9.15 Å². The van der Waals surface area contributed by atoms with Crippen molar-refractivity contribution in [3.8, 4) is 11.8 Å². The number of hydrogen-bond donors (Lipinski definition) is 1. The third kappa shape index (κ3) is 3.42. The highest BCUT2D eigenvalue weighted by Crippen LogP contribution is 2.16. The summed E-state index contributed by atoms with van der Waals surface area (Å²) >= 11 is 0. The van der Waals surface area contributed by atoms with Gasteiger partial charge in [-0.15, -0.1) is 0 Å². The van der Waals surface area contributed by atoms with Gasteiger partial charge in [0.05, 0.1) is 12.8 Å². The summed E-state index contributed by atoms with van der Waals surface area (Å²) in [6.45, 7) is 1.72. The Morgan fingerprint density at radius 2 is 1.96 bits per heavy atom. The summed E-state index contributed by atoms with van der Waals surface area (Å²) in [6, 6.07) is 10.4. The predicted molar refractivity (Wildman–Crippen MR) is 87.7 cm³/mol. The van der Waals surface area contributed by atoms with E-state index < -0.39 is 17.5 Å². The summed E-state index contributed by atoms with van der Waals surface area (Å²) in [5.74, 6) is -1.60. The van der Waals surface area contributed by atoms with E-state index >= 15 is 0 Å². The van der Waals surface area contributed by atoms with Gasteiger partial charge in [0.2, 0.25) is 0 Å². The van der Waals surface area contributed by atoms with E-state index in [2.05, 4.69) is 10.4 Å². The molecule has 0 fully saturated rings. The van der Waals surface area contributed by atoms with Gasteiger partial charge < -0.3 is 14.5 Å². The largest absolute Gasteiger partial charge is 0.452 e. The fourth-order valence-corrected chi connectivity index (χ4v) is 2.23. The number of aromatic nitrogens is 2. The lowest BCUT2D eigenvalue weighted by atomic mass is 10.1. The number of aryl methyl sites for hydroxylation is 1. The molecule has 0 atom stereocenters. The number of carbonyl (C=O) groups is 1. The summed E-state index contributed by atoms with van der Waals surface area (Å²) in [5.41, 5.74) is 1.84. The minimum atomic E-state index is -0.691. The second kappa shape index (κ2) is 6.60. The lowest BCUT2D eigenvalue weighted by Gasteiger charge is -2.08. The van der Waals surface area contributed by atoms with Crippen LogP contribution in [0.25, 0.3) is 5.69 Å². The summed E-state index contributed by atoms with van der Waals surface area (Å²) in [7, 11) is 1.34. The standard InChI is InChI=1S/C17H14FN3O4/c1-10-3-4-11(18)9-14(10)15(22)19-12-5-7-13(8-6-12)21-17(23)25-16(20-21)24-2/h3-9H,1-2H3,(H,19,22). The van der Waals surface area contributed by atoms with Crippen molar-refractivity contribution in [2.75, 3.05) is 12.4 Å². The first-order valence-electron chi connectivity index (χ1n) is 7.30. The Labute approximate surface area is 141 Å². The van der Waals surface area contributed by atoms with Gasteiger partial charge >= 0.3 is 11.8 Å². The maximum atomic E-state index is 13.3. The number of amides is 1. The van der Waals surface area contributed by atoms with E-state index in [-0.39, 0.29) is 11.6 Å². The molecule has 2 aromatic carbocycles. The number of nitrogens with one attached hydrogen (secondary N) is 1. The Morgan fingerprint density at radius 3 is 2.60 bits per heavy atom. The number of rotatable bonds is 4. The molecular weight excluding hydrogens is 329 g/mol. The van der Waals surface area contributed by atoms with E-state index in [0.717, 1.165) is 4.68 Å². The Morgan fingerprint density at radius 1 is 1.24 bits per heavy atom. The van der Waals surface area contributed by atoms with Crippen LogP contribution in [0, 0.1) is 12.7 Å². The van der Waals surface area contributed by atoms with Crippen LogP contribution in [0.4, 0.5) is 10.1 Å². The normalized spacial score (nSPS) is 10.5. The van der Waals surface area contributed by atoms with Crippen molar-refractivity contribution < 1.29 is 18.3 Å². The second-order valence-electron chi connectivity index (χ2n) is 5.21. The van der Waals surface area contributed by atoms with Crippen LogP contribution in [0.5, 0.6) is 6.08 Å². The van der Waals surface area contributed by atoms with Crippen LogP contribution in [0.3, 0.4) is 0 Å². The van der Waals surface area contributed by atoms with E-state index in [9.17, 15) is 14.0 Å². The quantitative estimate of drug-likeness (QED) is 0.787. The molecule has 3 rings (SSSR count). The van der Waals surface area contributed by atoms with Gasteiger partial charge in [-0.25, -0.2) is 9.18 Å². The van der Waals surface area contributed by atoms with Crippen molar-refractivity contribution in [1.29, 1.82) is 0 Å². The van der Waals surface area contributed by atoms with Crippen LogP contribution >= 0.6 is 0 Å².